The highest BCUT2D eigenvalue weighted by Gasteiger charge is 2.30. The van der Waals surface area contributed by atoms with Crippen LogP contribution >= 0.6 is 0 Å². The lowest BCUT2D eigenvalue weighted by Gasteiger charge is -2.15. The van der Waals surface area contributed by atoms with Crippen molar-refractivity contribution in [3.05, 3.63) is 54.1 Å². The minimum atomic E-state index is -4.76. The van der Waals surface area contributed by atoms with E-state index in [4.69, 9.17) is 16.3 Å². The van der Waals surface area contributed by atoms with Crippen molar-refractivity contribution in [2.45, 2.75) is 13.3 Å². The fourth-order valence-electron chi connectivity index (χ4n) is 2.28. The largest absolute Gasteiger partial charge is 0.573 e. The third-order valence-electron chi connectivity index (χ3n) is 3.40. The molecule has 5 N–H and O–H groups in total. The zero-order valence-corrected chi connectivity index (χ0v) is 15.4. The number of ether oxygens (including phenoxy) is 2. The Labute approximate surface area is 164 Å². The van der Waals surface area contributed by atoms with E-state index in [-0.39, 0.29) is 24.7 Å². The lowest BCUT2D eigenvalue weighted by Crippen LogP contribution is -2.35. The van der Waals surface area contributed by atoms with Crippen LogP contribution in [0, 0.1) is 0 Å². The lowest BCUT2D eigenvalue weighted by atomic mass is 10.1. The SMILES string of the molecule is CCOC(=O)CN(N)/N=C(\N)c1ccccc1Nc1ccc(OC(F)(F)F)cc1. The second-order valence-electron chi connectivity index (χ2n) is 5.63. The minimum absolute atomic E-state index is 0.0249. The van der Waals surface area contributed by atoms with Crippen molar-refractivity contribution in [3.63, 3.8) is 0 Å². The number of para-hydroxylation sites is 1. The molecule has 2 aromatic carbocycles. The smallest absolute Gasteiger partial charge is 0.465 e. The molecule has 0 aliphatic rings. The molecule has 0 bridgehead atoms. The van der Waals surface area contributed by atoms with Gasteiger partial charge in [-0.15, -0.1) is 18.3 Å². The number of hydrogen-bond donors (Lipinski definition) is 3. The standard InChI is InChI=1S/C18H20F3N5O3/c1-2-28-16(27)11-26(23)25-17(22)14-5-3-4-6-15(14)24-12-7-9-13(10-8-12)29-18(19,20)21/h3-10,24H,2,11,23H2,1H3,(H2,22,25). The number of halogens is 3. The average Bonchev–Trinajstić information content (AvgIpc) is 2.62. The maximum Gasteiger partial charge on any atom is 0.573 e. The summed E-state index contributed by atoms with van der Waals surface area (Å²) in [6.07, 6.45) is -4.76. The number of carbonyl (C=O) groups is 1. The molecule has 0 saturated carbocycles. The summed E-state index contributed by atoms with van der Waals surface area (Å²) in [5.41, 5.74) is 7.49. The molecule has 11 heteroatoms. The molecule has 0 aliphatic carbocycles. The maximum atomic E-state index is 12.2. The van der Waals surface area contributed by atoms with Crippen LogP contribution in [0.5, 0.6) is 5.75 Å². The first kappa shape index (κ1) is 21.8. The maximum absolute atomic E-state index is 12.2. The summed E-state index contributed by atoms with van der Waals surface area (Å²) in [6.45, 7) is 1.59. The van der Waals surface area contributed by atoms with Gasteiger partial charge in [0.15, 0.2) is 12.4 Å². The van der Waals surface area contributed by atoms with Gasteiger partial charge in [-0.1, -0.05) is 12.1 Å². The van der Waals surface area contributed by atoms with E-state index in [9.17, 15) is 18.0 Å². The van der Waals surface area contributed by atoms with Crippen LogP contribution in [0.2, 0.25) is 0 Å². The number of carbonyl (C=O) groups excluding carboxylic acids is 1. The van der Waals surface area contributed by atoms with E-state index in [1.165, 1.54) is 24.3 Å². The second kappa shape index (κ2) is 9.64. The zero-order chi connectivity index (χ0) is 21.4. The van der Waals surface area contributed by atoms with Gasteiger partial charge in [-0.2, -0.15) is 0 Å². The Kier molecular flexibility index (Phi) is 7.26. The Morgan fingerprint density at radius 3 is 2.45 bits per heavy atom. The van der Waals surface area contributed by atoms with Gasteiger partial charge in [-0.3, -0.25) is 0 Å². The number of nitrogens with zero attached hydrogens (tertiary/aromatic N) is 2. The number of benzene rings is 2. The fourth-order valence-corrected chi connectivity index (χ4v) is 2.28. The number of amidine groups is 1. The number of hydrazine groups is 1. The van der Waals surface area contributed by atoms with E-state index in [0.29, 0.717) is 16.9 Å². The summed E-state index contributed by atoms with van der Waals surface area (Å²) in [5, 5.41) is 7.83. The molecule has 29 heavy (non-hydrogen) atoms. The molecule has 0 radical (unpaired) electrons. The molecule has 2 rings (SSSR count). The third kappa shape index (κ3) is 7.22. The number of hydrazone groups is 1. The van der Waals surface area contributed by atoms with E-state index in [2.05, 4.69) is 15.2 Å². The molecule has 2 aromatic rings. The van der Waals surface area contributed by atoms with Crippen LogP contribution in [0.15, 0.2) is 53.6 Å². The molecular formula is C18H20F3N5O3. The van der Waals surface area contributed by atoms with Gasteiger partial charge < -0.3 is 20.5 Å². The Balaban J connectivity index is 2.14. The Morgan fingerprint density at radius 1 is 1.17 bits per heavy atom. The van der Waals surface area contributed by atoms with Gasteiger partial charge in [0.05, 0.1) is 6.61 Å². The van der Waals surface area contributed by atoms with Crippen LogP contribution < -0.4 is 21.6 Å². The average molecular weight is 411 g/mol. The van der Waals surface area contributed by atoms with E-state index in [0.717, 1.165) is 5.12 Å². The van der Waals surface area contributed by atoms with Crippen LogP contribution in [-0.4, -0.2) is 36.4 Å². The van der Waals surface area contributed by atoms with Crippen LogP contribution in [0.25, 0.3) is 0 Å². The number of anilines is 2. The summed E-state index contributed by atoms with van der Waals surface area (Å²) < 4.78 is 45.4. The van der Waals surface area contributed by atoms with Gasteiger partial charge in [0.1, 0.15) is 5.75 Å². The molecule has 0 atom stereocenters. The summed E-state index contributed by atoms with van der Waals surface area (Å²) in [6, 6.07) is 12.0. The highest BCUT2D eigenvalue weighted by molar-refractivity contribution is 6.02. The number of nitrogens with two attached hydrogens (primary N) is 2. The predicted molar refractivity (Wildman–Crippen MR) is 101 cm³/mol. The zero-order valence-electron chi connectivity index (χ0n) is 15.4. The monoisotopic (exact) mass is 411 g/mol. The van der Waals surface area contributed by atoms with Crippen LogP contribution in [0.4, 0.5) is 24.5 Å². The van der Waals surface area contributed by atoms with E-state index in [1.54, 1.807) is 31.2 Å². The molecule has 0 saturated heterocycles. The van der Waals surface area contributed by atoms with Gasteiger partial charge in [0.2, 0.25) is 0 Å². The predicted octanol–water partition coefficient (Wildman–Crippen LogP) is 2.69. The molecule has 0 fully saturated rings. The molecule has 8 nitrogen and oxygen atoms in total. The van der Waals surface area contributed by atoms with Crippen molar-refractivity contribution >= 4 is 23.2 Å². The highest BCUT2D eigenvalue weighted by Crippen LogP contribution is 2.26. The number of nitrogens with one attached hydrogen (secondary N) is 1. The normalized spacial score (nSPS) is 11.7. The van der Waals surface area contributed by atoms with Gasteiger partial charge in [0, 0.05) is 16.9 Å². The van der Waals surface area contributed by atoms with Crippen molar-refractivity contribution < 1.29 is 27.4 Å². The Bertz CT molecular complexity index is 857. The third-order valence-corrected chi connectivity index (χ3v) is 3.40. The van der Waals surface area contributed by atoms with Crippen molar-refractivity contribution in [3.8, 4) is 5.75 Å². The van der Waals surface area contributed by atoms with Crippen LogP contribution in [-0.2, 0) is 9.53 Å². The van der Waals surface area contributed by atoms with Gasteiger partial charge in [-0.05, 0) is 43.3 Å². The van der Waals surface area contributed by atoms with Crippen molar-refractivity contribution in [1.82, 2.24) is 5.12 Å². The number of rotatable bonds is 8. The van der Waals surface area contributed by atoms with Crippen molar-refractivity contribution in [2.75, 3.05) is 18.5 Å². The molecular weight excluding hydrogens is 391 g/mol. The molecule has 0 heterocycles. The minimum Gasteiger partial charge on any atom is -0.465 e. The molecule has 156 valence electrons. The summed E-state index contributed by atoms with van der Waals surface area (Å²) >= 11 is 0. The Hall–Kier alpha value is -3.47. The van der Waals surface area contributed by atoms with Gasteiger partial charge in [0.25, 0.3) is 0 Å². The molecule has 0 aliphatic heterocycles. The quantitative estimate of drug-likeness (QED) is 0.201. The first-order valence-corrected chi connectivity index (χ1v) is 8.42. The number of hydrogen-bond acceptors (Lipinski definition) is 7. The summed E-state index contributed by atoms with van der Waals surface area (Å²) in [7, 11) is 0. The fraction of sp³-hybridized carbons (Fsp3) is 0.222. The van der Waals surface area contributed by atoms with E-state index in [1.807, 2.05) is 0 Å². The van der Waals surface area contributed by atoms with Gasteiger partial charge >= 0.3 is 12.3 Å². The first-order chi connectivity index (χ1) is 13.7. The van der Waals surface area contributed by atoms with Crippen molar-refractivity contribution in [2.24, 2.45) is 16.7 Å². The van der Waals surface area contributed by atoms with Crippen molar-refractivity contribution in [1.29, 1.82) is 0 Å². The van der Waals surface area contributed by atoms with Gasteiger partial charge in [-0.25, -0.2) is 15.8 Å². The first-order valence-electron chi connectivity index (χ1n) is 8.42. The lowest BCUT2D eigenvalue weighted by molar-refractivity contribution is -0.274. The topological polar surface area (TPSA) is 115 Å². The molecule has 0 aromatic heterocycles. The molecule has 0 unspecified atom stereocenters. The number of alkyl halides is 3. The Morgan fingerprint density at radius 2 is 1.83 bits per heavy atom. The van der Waals surface area contributed by atoms with E-state index >= 15 is 0 Å². The van der Waals surface area contributed by atoms with E-state index < -0.39 is 12.3 Å². The van der Waals surface area contributed by atoms with Crippen LogP contribution in [0.1, 0.15) is 12.5 Å². The van der Waals surface area contributed by atoms with Crippen LogP contribution in [0.3, 0.4) is 0 Å². The molecule has 0 spiro atoms. The second-order valence-corrected chi connectivity index (χ2v) is 5.63. The number of esters is 1. The molecule has 0 amide bonds. The summed E-state index contributed by atoms with van der Waals surface area (Å²) in [4.78, 5) is 11.4. The summed E-state index contributed by atoms with van der Waals surface area (Å²) in [5.74, 6) is 4.78. The highest BCUT2D eigenvalue weighted by atomic mass is 19.4.